The number of urea groups is 1. The molecule has 1 aromatic heterocycles. The first kappa shape index (κ1) is 15.5. The van der Waals surface area contributed by atoms with E-state index in [2.05, 4.69) is 0 Å². The molecule has 0 atom stereocenters. The number of thiophene rings is 1. The Morgan fingerprint density at radius 2 is 1.48 bits per heavy atom. The van der Waals surface area contributed by atoms with E-state index in [-0.39, 0.29) is 13.1 Å². The Balaban J connectivity index is 1.63. The number of hydrogen-bond acceptors (Lipinski definition) is 4. The lowest BCUT2D eigenvalue weighted by Gasteiger charge is -2.16. The summed E-state index contributed by atoms with van der Waals surface area (Å²) in [4.78, 5) is 40.0. The van der Waals surface area contributed by atoms with Gasteiger partial charge in [-0.1, -0.05) is 48.5 Å². The second kappa shape index (κ2) is 6.14. The van der Waals surface area contributed by atoms with Gasteiger partial charge in [0.25, 0.3) is 0 Å². The van der Waals surface area contributed by atoms with E-state index < -0.39 is 17.8 Å². The monoisotopic (exact) mass is 350 g/mol. The van der Waals surface area contributed by atoms with Gasteiger partial charge in [-0.15, -0.1) is 11.3 Å². The number of amides is 4. The maximum Gasteiger partial charge on any atom is 0.334 e. The van der Waals surface area contributed by atoms with Crippen LogP contribution in [0, 0.1) is 0 Å². The van der Waals surface area contributed by atoms with Crippen LogP contribution < -0.4 is 0 Å². The third kappa shape index (κ3) is 2.70. The van der Waals surface area contributed by atoms with E-state index in [0.29, 0.717) is 0 Å². The summed E-state index contributed by atoms with van der Waals surface area (Å²) in [6, 6.07) is 16.6. The zero-order valence-corrected chi connectivity index (χ0v) is 14.0. The van der Waals surface area contributed by atoms with E-state index in [4.69, 9.17) is 0 Å². The van der Waals surface area contributed by atoms with Crippen LogP contribution in [0.25, 0.3) is 10.8 Å². The van der Waals surface area contributed by atoms with Gasteiger partial charge in [-0.25, -0.2) is 4.79 Å². The third-order valence-corrected chi connectivity index (χ3v) is 5.10. The molecule has 0 saturated carbocycles. The summed E-state index contributed by atoms with van der Waals surface area (Å²) < 4.78 is 0. The van der Waals surface area contributed by atoms with Gasteiger partial charge >= 0.3 is 17.8 Å². The molecule has 2 aromatic carbocycles. The van der Waals surface area contributed by atoms with Crippen molar-refractivity contribution in [2.75, 3.05) is 0 Å². The number of carbonyl (C=O) groups excluding carboxylic acids is 3. The topological polar surface area (TPSA) is 57.7 Å². The van der Waals surface area contributed by atoms with Crippen molar-refractivity contribution in [2.24, 2.45) is 0 Å². The molecule has 3 aromatic rings. The minimum absolute atomic E-state index is 0.0890. The molecule has 124 valence electrons. The summed E-state index contributed by atoms with van der Waals surface area (Å²) in [6.07, 6.45) is 0. The fraction of sp³-hybridized carbons (Fsp3) is 0.105. The molecular weight excluding hydrogens is 336 g/mol. The Morgan fingerprint density at radius 3 is 2.24 bits per heavy atom. The van der Waals surface area contributed by atoms with Gasteiger partial charge in [0.15, 0.2) is 0 Å². The summed E-state index contributed by atoms with van der Waals surface area (Å²) >= 11 is 1.45. The highest BCUT2D eigenvalue weighted by molar-refractivity contribution is 7.09. The van der Waals surface area contributed by atoms with Crippen LogP contribution in [0.1, 0.15) is 10.4 Å². The van der Waals surface area contributed by atoms with Crippen LogP contribution >= 0.6 is 11.3 Å². The van der Waals surface area contributed by atoms with Crippen molar-refractivity contribution in [2.45, 2.75) is 13.1 Å². The number of nitrogens with zero attached hydrogens (tertiary/aromatic N) is 2. The van der Waals surface area contributed by atoms with Crippen molar-refractivity contribution in [3.63, 3.8) is 0 Å². The van der Waals surface area contributed by atoms with Gasteiger partial charge in [-0.2, -0.15) is 0 Å². The highest BCUT2D eigenvalue weighted by Gasteiger charge is 2.44. The van der Waals surface area contributed by atoms with E-state index in [9.17, 15) is 14.4 Å². The number of benzene rings is 2. The van der Waals surface area contributed by atoms with Crippen LogP contribution in [0.2, 0.25) is 0 Å². The molecule has 1 fully saturated rings. The maximum atomic E-state index is 12.6. The Bertz CT molecular complexity index is 976. The van der Waals surface area contributed by atoms with Gasteiger partial charge in [0.2, 0.25) is 0 Å². The highest BCUT2D eigenvalue weighted by Crippen LogP contribution is 2.24. The fourth-order valence-corrected chi connectivity index (χ4v) is 3.68. The molecule has 6 heteroatoms. The Morgan fingerprint density at radius 1 is 0.760 bits per heavy atom. The Hall–Kier alpha value is -2.99. The zero-order valence-electron chi connectivity index (χ0n) is 13.2. The van der Waals surface area contributed by atoms with Crippen LogP contribution in [-0.4, -0.2) is 27.6 Å². The standard InChI is InChI=1S/C19H14N2O3S/c22-17-18(23)21(12-15-8-4-10-25-15)19(24)20(17)11-14-7-3-6-13-5-1-2-9-16(13)14/h1-10H,11-12H2. The first-order valence-electron chi connectivity index (χ1n) is 7.81. The first-order valence-corrected chi connectivity index (χ1v) is 8.69. The van der Waals surface area contributed by atoms with Crippen molar-refractivity contribution in [3.05, 3.63) is 70.4 Å². The number of carbonyl (C=O) groups is 3. The lowest BCUT2D eigenvalue weighted by Crippen LogP contribution is -2.32. The normalized spacial score (nSPS) is 14.8. The lowest BCUT2D eigenvalue weighted by molar-refractivity contribution is -0.143. The SMILES string of the molecule is O=C1C(=O)N(Cc2cccc3ccccc23)C(=O)N1Cc1cccs1. The molecule has 0 aliphatic carbocycles. The second-order valence-electron chi connectivity index (χ2n) is 5.78. The maximum absolute atomic E-state index is 12.6. The van der Waals surface area contributed by atoms with Gasteiger partial charge < -0.3 is 0 Å². The quantitative estimate of drug-likeness (QED) is 0.535. The molecule has 0 spiro atoms. The molecule has 0 radical (unpaired) electrons. The summed E-state index contributed by atoms with van der Waals surface area (Å²) in [5.74, 6) is -1.53. The number of hydrogen-bond donors (Lipinski definition) is 0. The molecule has 25 heavy (non-hydrogen) atoms. The molecule has 5 nitrogen and oxygen atoms in total. The van der Waals surface area contributed by atoms with Gasteiger partial charge in [0, 0.05) is 4.88 Å². The minimum Gasteiger partial charge on any atom is -0.263 e. The molecule has 1 aliphatic rings. The largest absolute Gasteiger partial charge is 0.334 e. The molecule has 1 saturated heterocycles. The number of rotatable bonds is 4. The summed E-state index contributed by atoms with van der Waals surface area (Å²) in [6.45, 7) is 0.221. The average Bonchev–Trinajstić information content (AvgIpc) is 3.21. The van der Waals surface area contributed by atoms with Crippen molar-refractivity contribution >= 4 is 40.0 Å². The van der Waals surface area contributed by atoms with Crippen LogP contribution in [0.4, 0.5) is 4.79 Å². The molecule has 2 heterocycles. The van der Waals surface area contributed by atoms with E-state index in [1.54, 1.807) is 0 Å². The van der Waals surface area contributed by atoms with Gasteiger partial charge in [0.05, 0.1) is 13.1 Å². The molecule has 1 aliphatic heterocycles. The molecular formula is C19H14N2O3S. The molecule has 0 unspecified atom stereocenters. The smallest absolute Gasteiger partial charge is 0.263 e. The Kier molecular flexibility index (Phi) is 3.82. The fourth-order valence-electron chi connectivity index (χ4n) is 2.99. The minimum atomic E-state index is -0.769. The highest BCUT2D eigenvalue weighted by atomic mass is 32.1. The molecule has 4 rings (SSSR count). The van der Waals surface area contributed by atoms with Crippen LogP contribution in [0.5, 0.6) is 0 Å². The predicted octanol–water partition coefficient (Wildman–Crippen LogP) is 3.39. The van der Waals surface area contributed by atoms with E-state index in [1.807, 2.05) is 60.0 Å². The number of fused-ring (bicyclic) bond motifs is 1. The second-order valence-corrected chi connectivity index (χ2v) is 6.82. The van der Waals surface area contributed by atoms with Gasteiger partial charge in [-0.05, 0) is 27.8 Å². The van der Waals surface area contributed by atoms with Crippen molar-refractivity contribution in [1.82, 2.24) is 9.80 Å². The first-order chi connectivity index (χ1) is 12.1. The zero-order chi connectivity index (χ0) is 17.4. The predicted molar refractivity (Wildman–Crippen MR) is 94.8 cm³/mol. The van der Waals surface area contributed by atoms with E-state index in [0.717, 1.165) is 31.0 Å². The summed E-state index contributed by atoms with van der Waals surface area (Å²) in [5.41, 5.74) is 0.838. The lowest BCUT2D eigenvalue weighted by atomic mass is 10.0. The van der Waals surface area contributed by atoms with Gasteiger partial charge in [-0.3, -0.25) is 19.4 Å². The molecule has 0 bridgehead atoms. The van der Waals surface area contributed by atoms with Crippen LogP contribution in [0.15, 0.2) is 60.0 Å². The van der Waals surface area contributed by atoms with Crippen molar-refractivity contribution in [1.29, 1.82) is 0 Å². The van der Waals surface area contributed by atoms with Crippen molar-refractivity contribution in [3.8, 4) is 0 Å². The van der Waals surface area contributed by atoms with E-state index >= 15 is 0 Å². The van der Waals surface area contributed by atoms with E-state index in [1.165, 1.54) is 11.3 Å². The summed E-state index contributed by atoms with van der Waals surface area (Å²) in [5, 5.41) is 3.87. The van der Waals surface area contributed by atoms with Gasteiger partial charge in [0.1, 0.15) is 0 Å². The third-order valence-electron chi connectivity index (χ3n) is 4.24. The van der Waals surface area contributed by atoms with Crippen molar-refractivity contribution < 1.29 is 14.4 Å². The average molecular weight is 350 g/mol. The summed E-state index contributed by atoms with van der Waals surface area (Å²) in [7, 11) is 0. The molecule has 0 N–H and O–H groups in total. The molecule has 4 amide bonds. The van der Waals surface area contributed by atoms with Crippen LogP contribution in [-0.2, 0) is 22.7 Å². The van der Waals surface area contributed by atoms with Crippen LogP contribution in [0.3, 0.4) is 0 Å². The number of imide groups is 2. The Labute approximate surface area is 148 Å².